The molecule has 4 nitrogen and oxygen atoms in total. The second-order valence-electron chi connectivity index (χ2n) is 4.30. The van der Waals surface area contributed by atoms with Crippen molar-refractivity contribution in [3.63, 3.8) is 0 Å². The van der Waals surface area contributed by atoms with Crippen molar-refractivity contribution in [1.29, 1.82) is 0 Å². The van der Waals surface area contributed by atoms with Crippen LogP contribution in [0.25, 0.3) is 16.2 Å². The molecule has 0 spiro atoms. The second kappa shape index (κ2) is 4.59. The second-order valence-corrected chi connectivity index (χ2v) is 5.30. The summed E-state index contributed by atoms with van der Waals surface area (Å²) in [6.07, 6.45) is -1.52. The van der Waals surface area contributed by atoms with Gasteiger partial charge in [-0.15, -0.1) is 0 Å². The molecule has 0 saturated heterocycles. The number of halogens is 3. The molecule has 0 unspecified atom stereocenters. The van der Waals surface area contributed by atoms with E-state index in [9.17, 15) is 18.0 Å². The van der Waals surface area contributed by atoms with Gasteiger partial charge in [-0.05, 0) is 12.1 Å². The fourth-order valence-corrected chi connectivity index (χ4v) is 2.69. The molecule has 1 N–H and O–H groups in total. The fraction of sp³-hybridized carbons (Fsp3) is 0.0769. The van der Waals surface area contributed by atoms with Crippen LogP contribution in [0.4, 0.5) is 13.2 Å². The SMILES string of the molecule is O=C(O)c1cn2cc(-c3cccc(C(F)(F)F)c3)nc2s1. The van der Waals surface area contributed by atoms with Crippen molar-refractivity contribution in [3.05, 3.63) is 47.1 Å². The molecule has 21 heavy (non-hydrogen) atoms. The molecule has 0 radical (unpaired) electrons. The van der Waals surface area contributed by atoms with E-state index in [-0.39, 0.29) is 4.88 Å². The molecule has 0 fully saturated rings. The van der Waals surface area contributed by atoms with Gasteiger partial charge in [-0.1, -0.05) is 23.5 Å². The van der Waals surface area contributed by atoms with Crippen LogP contribution in [0.5, 0.6) is 0 Å². The van der Waals surface area contributed by atoms with E-state index in [0.29, 0.717) is 16.2 Å². The molecule has 0 aliphatic carbocycles. The summed E-state index contributed by atoms with van der Waals surface area (Å²) in [7, 11) is 0. The van der Waals surface area contributed by atoms with Gasteiger partial charge in [0.05, 0.1) is 11.3 Å². The van der Waals surface area contributed by atoms with Gasteiger partial charge in [0.2, 0.25) is 0 Å². The zero-order valence-corrected chi connectivity index (χ0v) is 11.1. The fourth-order valence-electron chi connectivity index (χ4n) is 1.89. The number of alkyl halides is 3. The topological polar surface area (TPSA) is 54.6 Å². The average molecular weight is 312 g/mol. The number of aromatic carboxylic acids is 1. The zero-order valence-electron chi connectivity index (χ0n) is 10.3. The Hall–Kier alpha value is -2.35. The standard InChI is InChI=1S/C13H7F3N2O2S/c14-13(15,16)8-3-1-2-7(4-8)9-5-18-6-10(11(19)20)21-12(18)17-9/h1-6H,(H,19,20). The number of carboxylic acids is 1. The summed E-state index contributed by atoms with van der Waals surface area (Å²) < 4.78 is 39.5. The van der Waals surface area contributed by atoms with E-state index in [0.717, 1.165) is 23.5 Å². The number of fused-ring (bicyclic) bond motifs is 1. The third-order valence-corrected chi connectivity index (χ3v) is 3.84. The van der Waals surface area contributed by atoms with Crippen LogP contribution >= 0.6 is 11.3 Å². The maximum Gasteiger partial charge on any atom is 0.416 e. The Morgan fingerprint density at radius 3 is 2.67 bits per heavy atom. The number of carboxylic acid groups (broad SMARTS) is 1. The smallest absolute Gasteiger partial charge is 0.416 e. The molecule has 0 bridgehead atoms. The van der Waals surface area contributed by atoms with Crippen LogP contribution in [-0.4, -0.2) is 20.5 Å². The van der Waals surface area contributed by atoms with Gasteiger partial charge < -0.3 is 5.11 Å². The molecule has 1 aromatic carbocycles. The molecule has 0 aliphatic heterocycles. The van der Waals surface area contributed by atoms with E-state index in [1.807, 2.05) is 0 Å². The first-order valence-electron chi connectivity index (χ1n) is 5.74. The van der Waals surface area contributed by atoms with Gasteiger partial charge >= 0.3 is 12.1 Å². The molecule has 2 heterocycles. The van der Waals surface area contributed by atoms with Gasteiger partial charge in [-0.3, -0.25) is 4.40 Å². The van der Waals surface area contributed by atoms with E-state index in [4.69, 9.17) is 5.11 Å². The van der Waals surface area contributed by atoms with E-state index < -0.39 is 17.7 Å². The molecule has 8 heteroatoms. The molecule has 0 amide bonds. The highest BCUT2D eigenvalue weighted by molar-refractivity contribution is 7.18. The Morgan fingerprint density at radius 1 is 1.29 bits per heavy atom. The van der Waals surface area contributed by atoms with Gasteiger partial charge in [-0.2, -0.15) is 13.2 Å². The number of benzene rings is 1. The minimum absolute atomic E-state index is 0.119. The largest absolute Gasteiger partial charge is 0.477 e. The van der Waals surface area contributed by atoms with Crippen LogP contribution in [0.15, 0.2) is 36.7 Å². The Morgan fingerprint density at radius 2 is 2.05 bits per heavy atom. The number of hydrogen-bond donors (Lipinski definition) is 1. The van der Waals surface area contributed by atoms with E-state index in [2.05, 4.69) is 4.98 Å². The summed E-state index contributed by atoms with van der Waals surface area (Å²) in [6, 6.07) is 4.85. The summed E-state index contributed by atoms with van der Waals surface area (Å²) in [5, 5.41) is 8.86. The predicted octanol–water partition coefficient (Wildman–Crippen LogP) is 3.78. The number of thiazole rings is 1. The molecular formula is C13H7F3N2O2S. The van der Waals surface area contributed by atoms with Gasteiger partial charge in [0.1, 0.15) is 4.88 Å². The number of hydrogen-bond acceptors (Lipinski definition) is 3. The van der Waals surface area contributed by atoms with Crippen LogP contribution < -0.4 is 0 Å². The molecule has 2 aromatic heterocycles. The van der Waals surface area contributed by atoms with Gasteiger partial charge in [0, 0.05) is 18.0 Å². The summed E-state index contributed by atoms with van der Waals surface area (Å²) in [6.45, 7) is 0. The number of carbonyl (C=O) groups is 1. The Kier molecular flexibility index (Phi) is 2.98. The Bertz CT molecular complexity index is 804. The zero-order chi connectivity index (χ0) is 15.2. The van der Waals surface area contributed by atoms with Crippen LogP contribution in [0.2, 0.25) is 0 Å². The van der Waals surface area contributed by atoms with Crippen molar-refractivity contribution in [2.45, 2.75) is 6.18 Å². The molecule has 3 aromatic rings. The van der Waals surface area contributed by atoms with Crippen molar-refractivity contribution in [3.8, 4) is 11.3 Å². The van der Waals surface area contributed by atoms with Gasteiger partial charge in [0.15, 0.2) is 4.96 Å². The first-order valence-corrected chi connectivity index (χ1v) is 6.56. The van der Waals surface area contributed by atoms with Gasteiger partial charge in [-0.25, -0.2) is 9.78 Å². The lowest BCUT2D eigenvalue weighted by Gasteiger charge is -2.07. The number of rotatable bonds is 2. The predicted molar refractivity (Wildman–Crippen MR) is 70.5 cm³/mol. The maximum atomic E-state index is 12.7. The third-order valence-electron chi connectivity index (χ3n) is 2.85. The number of imidazole rings is 1. The minimum Gasteiger partial charge on any atom is -0.477 e. The lowest BCUT2D eigenvalue weighted by Crippen LogP contribution is -2.04. The quantitative estimate of drug-likeness (QED) is 0.783. The minimum atomic E-state index is -4.41. The molecule has 0 atom stereocenters. The lowest BCUT2D eigenvalue weighted by atomic mass is 10.1. The highest BCUT2D eigenvalue weighted by atomic mass is 32.1. The molecule has 0 aliphatic rings. The maximum absolute atomic E-state index is 12.7. The van der Waals surface area contributed by atoms with Crippen LogP contribution in [0, 0.1) is 0 Å². The molecule has 108 valence electrons. The van der Waals surface area contributed by atoms with E-state index >= 15 is 0 Å². The lowest BCUT2D eigenvalue weighted by molar-refractivity contribution is -0.137. The van der Waals surface area contributed by atoms with Crippen molar-refractivity contribution in [1.82, 2.24) is 9.38 Å². The highest BCUT2D eigenvalue weighted by Gasteiger charge is 2.30. The monoisotopic (exact) mass is 312 g/mol. The normalized spacial score (nSPS) is 12.0. The van der Waals surface area contributed by atoms with E-state index in [1.165, 1.54) is 28.9 Å². The van der Waals surface area contributed by atoms with Crippen LogP contribution in [0.3, 0.4) is 0 Å². The summed E-state index contributed by atoms with van der Waals surface area (Å²) in [5.74, 6) is -1.06. The first-order chi connectivity index (χ1) is 9.84. The summed E-state index contributed by atoms with van der Waals surface area (Å²) in [5.41, 5.74) is -0.0514. The van der Waals surface area contributed by atoms with Crippen LogP contribution in [-0.2, 0) is 6.18 Å². The average Bonchev–Trinajstić information content (AvgIpc) is 2.95. The van der Waals surface area contributed by atoms with Gasteiger partial charge in [0.25, 0.3) is 0 Å². The summed E-state index contributed by atoms with van der Waals surface area (Å²) >= 11 is 0.961. The molecule has 3 rings (SSSR count). The number of aromatic nitrogens is 2. The van der Waals surface area contributed by atoms with Crippen molar-refractivity contribution in [2.24, 2.45) is 0 Å². The molecule has 0 saturated carbocycles. The Balaban J connectivity index is 2.04. The summed E-state index contributed by atoms with van der Waals surface area (Å²) in [4.78, 5) is 15.5. The van der Waals surface area contributed by atoms with Crippen molar-refractivity contribution < 1.29 is 23.1 Å². The first kappa shape index (κ1) is 13.6. The highest BCUT2D eigenvalue weighted by Crippen LogP contribution is 2.32. The van der Waals surface area contributed by atoms with Crippen LogP contribution in [0.1, 0.15) is 15.2 Å². The number of nitrogens with zero attached hydrogens (tertiary/aromatic N) is 2. The van der Waals surface area contributed by atoms with Crippen molar-refractivity contribution in [2.75, 3.05) is 0 Å². The third kappa shape index (κ3) is 2.49. The van der Waals surface area contributed by atoms with Crippen molar-refractivity contribution >= 4 is 22.3 Å². The Labute approximate surface area is 120 Å². The molecular weight excluding hydrogens is 305 g/mol. The van der Waals surface area contributed by atoms with E-state index in [1.54, 1.807) is 0 Å².